The fraction of sp³-hybridized carbons (Fsp3) is 0.133. The van der Waals surface area contributed by atoms with Crippen molar-refractivity contribution in [1.29, 1.82) is 0 Å². The average Bonchev–Trinajstić information content (AvgIpc) is 2.48. The number of carbonyl (C=O) groups excluding carboxylic acids is 1. The summed E-state index contributed by atoms with van der Waals surface area (Å²) in [5.41, 5.74) is 2.01. The Morgan fingerprint density at radius 1 is 1.10 bits per heavy atom. The van der Waals surface area contributed by atoms with Crippen molar-refractivity contribution in [2.24, 2.45) is 0 Å². The van der Waals surface area contributed by atoms with E-state index in [0.29, 0.717) is 22.5 Å². The summed E-state index contributed by atoms with van der Waals surface area (Å²) in [5, 5.41) is 16.6. The van der Waals surface area contributed by atoms with E-state index in [2.05, 4.69) is 10.6 Å². The number of benzene rings is 2. The first-order valence-electron chi connectivity index (χ1n) is 6.36. The predicted molar refractivity (Wildman–Crippen MR) is 81.8 cm³/mol. The fourth-order valence-electron chi connectivity index (χ4n) is 2.05. The molecule has 108 valence electrons. The molecule has 0 saturated carbocycles. The Kier molecular flexibility index (Phi) is 4.18. The topological polar surface area (TPSA) is 84.3 Å². The SMILES string of the molecule is CNc1ccccc1C(=O)Nc1cccc([N+](=O)[O-])c1C. The zero-order valence-corrected chi connectivity index (χ0v) is 11.7. The minimum Gasteiger partial charge on any atom is -0.387 e. The van der Waals surface area contributed by atoms with E-state index in [0.717, 1.165) is 0 Å². The van der Waals surface area contributed by atoms with E-state index in [9.17, 15) is 14.9 Å². The molecule has 2 aromatic carbocycles. The summed E-state index contributed by atoms with van der Waals surface area (Å²) in [6.45, 7) is 1.61. The van der Waals surface area contributed by atoms with Crippen molar-refractivity contribution in [2.75, 3.05) is 17.7 Å². The van der Waals surface area contributed by atoms with Gasteiger partial charge >= 0.3 is 0 Å². The summed E-state index contributed by atoms with van der Waals surface area (Å²) in [5.74, 6) is -0.316. The first-order chi connectivity index (χ1) is 10.0. The second-order valence-corrected chi connectivity index (χ2v) is 4.46. The van der Waals surface area contributed by atoms with Crippen LogP contribution in [0.25, 0.3) is 0 Å². The molecule has 6 heteroatoms. The summed E-state index contributed by atoms with van der Waals surface area (Å²) < 4.78 is 0. The Balaban J connectivity index is 2.32. The molecule has 2 aromatic rings. The third-order valence-corrected chi connectivity index (χ3v) is 3.19. The van der Waals surface area contributed by atoms with Crippen molar-refractivity contribution < 1.29 is 9.72 Å². The number of nitro benzene ring substituents is 1. The van der Waals surface area contributed by atoms with Crippen LogP contribution in [-0.4, -0.2) is 17.9 Å². The molecule has 0 radical (unpaired) electrons. The van der Waals surface area contributed by atoms with Crippen LogP contribution in [-0.2, 0) is 0 Å². The minimum atomic E-state index is -0.466. The van der Waals surface area contributed by atoms with E-state index in [4.69, 9.17) is 0 Å². The van der Waals surface area contributed by atoms with Crippen molar-refractivity contribution in [3.8, 4) is 0 Å². The zero-order chi connectivity index (χ0) is 15.4. The highest BCUT2D eigenvalue weighted by Gasteiger charge is 2.16. The maximum atomic E-state index is 12.3. The van der Waals surface area contributed by atoms with Gasteiger partial charge < -0.3 is 10.6 Å². The molecular weight excluding hydrogens is 270 g/mol. The van der Waals surface area contributed by atoms with Gasteiger partial charge in [-0.15, -0.1) is 0 Å². The number of nitrogens with zero attached hydrogens (tertiary/aromatic N) is 1. The monoisotopic (exact) mass is 285 g/mol. The number of carbonyl (C=O) groups is 1. The van der Waals surface area contributed by atoms with Crippen LogP contribution in [0.1, 0.15) is 15.9 Å². The number of hydrogen-bond acceptors (Lipinski definition) is 4. The van der Waals surface area contributed by atoms with Gasteiger partial charge in [-0.05, 0) is 25.1 Å². The normalized spacial score (nSPS) is 10.0. The molecule has 2 rings (SSSR count). The van der Waals surface area contributed by atoms with Crippen LogP contribution in [0.3, 0.4) is 0 Å². The van der Waals surface area contributed by atoms with Crippen LogP contribution in [0.5, 0.6) is 0 Å². The lowest BCUT2D eigenvalue weighted by Crippen LogP contribution is -2.15. The zero-order valence-electron chi connectivity index (χ0n) is 11.7. The number of nitro groups is 1. The first-order valence-corrected chi connectivity index (χ1v) is 6.36. The van der Waals surface area contributed by atoms with Crippen LogP contribution in [0, 0.1) is 17.0 Å². The highest BCUT2D eigenvalue weighted by molar-refractivity contribution is 6.08. The van der Waals surface area contributed by atoms with Crippen molar-refractivity contribution in [2.45, 2.75) is 6.92 Å². The van der Waals surface area contributed by atoms with Gasteiger partial charge in [0, 0.05) is 18.8 Å². The molecule has 0 aromatic heterocycles. The van der Waals surface area contributed by atoms with E-state index in [-0.39, 0.29) is 11.6 Å². The number of para-hydroxylation sites is 1. The standard InChI is InChI=1S/C15H15N3O3/c1-10-12(8-5-9-14(10)18(20)21)17-15(19)11-6-3-4-7-13(11)16-2/h3-9,16H,1-2H3,(H,17,19). The lowest BCUT2D eigenvalue weighted by atomic mass is 10.1. The van der Waals surface area contributed by atoms with Gasteiger partial charge in [0.25, 0.3) is 11.6 Å². The number of amides is 1. The third kappa shape index (κ3) is 3.00. The highest BCUT2D eigenvalue weighted by atomic mass is 16.6. The summed E-state index contributed by atoms with van der Waals surface area (Å²) in [4.78, 5) is 22.8. The predicted octanol–water partition coefficient (Wildman–Crippen LogP) is 3.20. The Labute approximate surface area is 121 Å². The third-order valence-electron chi connectivity index (χ3n) is 3.19. The van der Waals surface area contributed by atoms with E-state index in [1.54, 1.807) is 44.3 Å². The highest BCUT2D eigenvalue weighted by Crippen LogP contribution is 2.26. The molecule has 0 spiro atoms. The average molecular weight is 285 g/mol. The minimum absolute atomic E-state index is 0.0188. The van der Waals surface area contributed by atoms with Crippen LogP contribution in [0.4, 0.5) is 17.1 Å². The molecule has 0 heterocycles. The lowest BCUT2D eigenvalue weighted by molar-refractivity contribution is -0.385. The molecule has 0 fully saturated rings. The molecular formula is C15H15N3O3. The second-order valence-electron chi connectivity index (χ2n) is 4.46. The lowest BCUT2D eigenvalue weighted by Gasteiger charge is -2.11. The summed E-state index contributed by atoms with van der Waals surface area (Å²) >= 11 is 0. The number of nitrogens with one attached hydrogen (secondary N) is 2. The van der Waals surface area contributed by atoms with Gasteiger partial charge in [-0.3, -0.25) is 14.9 Å². The van der Waals surface area contributed by atoms with Gasteiger partial charge in [-0.25, -0.2) is 0 Å². The second kappa shape index (κ2) is 6.04. The molecule has 0 aliphatic rings. The van der Waals surface area contributed by atoms with Gasteiger partial charge in [-0.1, -0.05) is 18.2 Å². The van der Waals surface area contributed by atoms with Crippen molar-refractivity contribution in [3.05, 3.63) is 63.7 Å². The molecule has 0 aliphatic carbocycles. The number of rotatable bonds is 4. The largest absolute Gasteiger partial charge is 0.387 e. The molecule has 0 saturated heterocycles. The molecule has 0 atom stereocenters. The summed E-state index contributed by atoms with van der Waals surface area (Å²) in [6, 6.07) is 11.7. The quantitative estimate of drug-likeness (QED) is 0.667. The Bertz CT molecular complexity index is 698. The van der Waals surface area contributed by atoms with Crippen LogP contribution in [0.2, 0.25) is 0 Å². The molecule has 0 bridgehead atoms. The Morgan fingerprint density at radius 2 is 1.76 bits per heavy atom. The Morgan fingerprint density at radius 3 is 2.43 bits per heavy atom. The van der Waals surface area contributed by atoms with Gasteiger partial charge in [0.1, 0.15) is 0 Å². The Hall–Kier alpha value is -2.89. The van der Waals surface area contributed by atoms with E-state index in [1.807, 2.05) is 6.07 Å². The smallest absolute Gasteiger partial charge is 0.274 e. The van der Waals surface area contributed by atoms with Gasteiger partial charge in [0.05, 0.1) is 21.7 Å². The van der Waals surface area contributed by atoms with Gasteiger partial charge in [0.15, 0.2) is 0 Å². The number of anilines is 2. The van der Waals surface area contributed by atoms with Gasteiger partial charge in [-0.2, -0.15) is 0 Å². The fourth-order valence-corrected chi connectivity index (χ4v) is 2.05. The summed E-state index contributed by atoms with van der Waals surface area (Å²) in [6.07, 6.45) is 0. The number of hydrogen-bond donors (Lipinski definition) is 2. The van der Waals surface area contributed by atoms with E-state index < -0.39 is 4.92 Å². The maximum Gasteiger partial charge on any atom is 0.274 e. The molecule has 6 nitrogen and oxygen atoms in total. The van der Waals surface area contributed by atoms with Crippen molar-refractivity contribution in [3.63, 3.8) is 0 Å². The summed E-state index contributed by atoms with van der Waals surface area (Å²) in [7, 11) is 1.73. The van der Waals surface area contributed by atoms with Gasteiger partial charge in [0.2, 0.25) is 0 Å². The van der Waals surface area contributed by atoms with Crippen LogP contribution in [0.15, 0.2) is 42.5 Å². The van der Waals surface area contributed by atoms with E-state index in [1.165, 1.54) is 6.07 Å². The molecule has 21 heavy (non-hydrogen) atoms. The molecule has 2 N–H and O–H groups in total. The van der Waals surface area contributed by atoms with Crippen LogP contribution >= 0.6 is 0 Å². The first kappa shape index (κ1) is 14.5. The molecule has 0 aliphatic heterocycles. The van der Waals surface area contributed by atoms with Crippen molar-refractivity contribution >= 4 is 23.0 Å². The van der Waals surface area contributed by atoms with E-state index >= 15 is 0 Å². The van der Waals surface area contributed by atoms with Crippen LogP contribution < -0.4 is 10.6 Å². The molecule has 0 unspecified atom stereocenters. The maximum absolute atomic E-state index is 12.3. The molecule has 1 amide bonds. The van der Waals surface area contributed by atoms with Crippen molar-refractivity contribution in [1.82, 2.24) is 0 Å².